The van der Waals surface area contributed by atoms with E-state index in [4.69, 9.17) is 0 Å². The first-order valence-electron chi connectivity index (χ1n) is 9.52. The average molecular weight is 373 g/mol. The first kappa shape index (κ1) is 20.9. The lowest BCUT2D eigenvalue weighted by atomic mass is 10.1. The highest BCUT2D eigenvalue weighted by molar-refractivity contribution is 5.91. The van der Waals surface area contributed by atoms with Crippen LogP contribution in [-0.2, 0) is 20.9 Å². The van der Waals surface area contributed by atoms with Crippen molar-refractivity contribution in [2.24, 2.45) is 5.92 Å². The molecule has 6 heteroatoms. The predicted molar refractivity (Wildman–Crippen MR) is 105 cm³/mol. The molecule has 6 nitrogen and oxygen atoms in total. The van der Waals surface area contributed by atoms with Gasteiger partial charge in [0, 0.05) is 31.6 Å². The Bertz CT molecular complexity index is 692. The fourth-order valence-corrected chi connectivity index (χ4v) is 3.24. The second kappa shape index (κ2) is 8.55. The van der Waals surface area contributed by atoms with Crippen LogP contribution in [-0.4, -0.2) is 52.7 Å². The lowest BCUT2D eigenvalue weighted by Crippen LogP contribution is -2.48. The van der Waals surface area contributed by atoms with E-state index in [1.165, 1.54) is 10.5 Å². The summed E-state index contributed by atoms with van der Waals surface area (Å²) >= 11 is 0. The van der Waals surface area contributed by atoms with Crippen molar-refractivity contribution < 1.29 is 14.4 Å². The molecule has 0 aromatic heterocycles. The van der Waals surface area contributed by atoms with Gasteiger partial charge in [-0.25, -0.2) is 0 Å². The highest BCUT2D eigenvalue weighted by Crippen LogP contribution is 2.22. The number of amides is 3. The minimum Gasteiger partial charge on any atom is -0.350 e. The topological polar surface area (TPSA) is 69.7 Å². The summed E-state index contributed by atoms with van der Waals surface area (Å²) in [4.78, 5) is 40.6. The van der Waals surface area contributed by atoms with Crippen LogP contribution in [0.5, 0.6) is 0 Å². The number of hydrogen-bond donors (Lipinski definition) is 1. The third-order valence-corrected chi connectivity index (χ3v) is 4.60. The molecule has 1 N–H and O–H groups in total. The SMILES string of the molecule is CCN(CC(=O)NC(C)(C)C)C(=O)C1CC(=O)N(Cc2ccc(C)cc2)C1. The van der Waals surface area contributed by atoms with E-state index in [1.54, 1.807) is 4.90 Å². The van der Waals surface area contributed by atoms with Crippen LogP contribution in [0.2, 0.25) is 0 Å². The monoisotopic (exact) mass is 373 g/mol. The van der Waals surface area contributed by atoms with E-state index < -0.39 is 0 Å². The number of carbonyl (C=O) groups excluding carboxylic acids is 3. The van der Waals surface area contributed by atoms with E-state index in [9.17, 15) is 14.4 Å². The summed E-state index contributed by atoms with van der Waals surface area (Å²) in [6, 6.07) is 8.05. The Morgan fingerprint density at radius 1 is 1.22 bits per heavy atom. The minimum absolute atomic E-state index is 0.0101. The molecule has 1 aromatic carbocycles. The fourth-order valence-electron chi connectivity index (χ4n) is 3.24. The zero-order valence-corrected chi connectivity index (χ0v) is 17.0. The molecule has 2 rings (SSSR count). The van der Waals surface area contributed by atoms with E-state index in [1.807, 2.05) is 58.9 Å². The average Bonchev–Trinajstić information content (AvgIpc) is 2.93. The second-order valence-corrected chi connectivity index (χ2v) is 8.31. The highest BCUT2D eigenvalue weighted by Gasteiger charge is 2.36. The van der Waals surface area contributed by atoms with Gasteiger partial charge in [0.15, 0.2) is 0 Å². The Morgan fingerprint density at radius 2 is 1.85 bits per heavy atom. The van der Waals surface area contributed by atoms with Gasteiger partial charge in [-0.3, -0.25) is 14.4 Å². The molecular weight excluding hydrogens is 342 g/mol. The molecule has 1 aliphatic rings. The molecule has 0 bridgehead atoms. The number of likely N-dealkylation sites (tertiary alicyclic amines) is 1. The second-order valence-electron chi connectivity index (χ2n) is 8.31. The molecule has 27 heavy (non-hydrogen) atoms. The van der Waals surface area contributed by atoms with Crippen molar-refractivity contribution in [1.29, 1.82) is 0 Å². The number of carbonyl (C=O) groups is 3. The van der Waals surface area contributed by atoms with Crippen LogP contribution >= 0.6 is 0 Å². The lowest BCUT2D eigenvalue weighted by Gasteiger charge is -2.26. The first-order valence-corrected chi connectivity index (χ1v) is 9.52. The number of aryl methyl sites for hydroxylation is 1. The largest absolute Gasteiger partial charge is 0.350 e. The maximum Gasteiger partial charge on any atom is 0.240 e. The van der Waals surface area contributed by atoms with Crippen molar-refractivity contribution in [3.05, 3.63) is 35.4 Å². The minimum atomic E-state index is -0.384. The Morgan fingerprint density at radius 3 is 2.41 bits per heavy atom. The van der Waals surface area contributed by atoms with Crippen LogP contribution in [0.4, 0.5) is 0 Å². The smallest absolute Gasteiger partial charge is 0.240 e. The van der Waals surface area contributed by atoms with Crippen molar-refractivity contribution in [1.82, 2.24) is 15.1 Å². The highest BCUT2D eigenvalue weighted by atomic mass is 16.2. The van der Waals surface area contributed by atoms with Crippen molar-refractivity contribution in [2.75, 3.05) is 19.6 Å². The third-order valence-electron chi connectivity index (χ3n) is 4.60. The van der Waals surface area contributed by atoms with Gasteiger partial charge in [0.05, 0.1) is 12.5 Å². The van der Waals surface area contributed by atoms with Gasteiger partial charge >= 0.3 is 0 Å². The predicted octanol–water partition coefficient (Wildman–Crippen LogP) is 2.11. The quantitative estimate of drug-likeness (QED) is 0.830. The van der Waals surface area contributed by atoms with Gasteiger partial charge in [-0.2, -0.15) is 0 Å². The molecule has 0 radical (unpaired) electrons. The Hall–Kier alpha value is -2.37. The summed E-state index contributed by atoms with van der Waals surface area (Å²) in [6.45, 7) is 11.0. The number of rotatable bonds is 6. The Kier molecular flexibility index (Phi) is 6.63. The van der Waals surface area contributed by atoms with E-state index >= 15 is 0 Å². The molecule has 1 heterocycles. The standard InChI is InChI=1S/C21H31N3O3/c1-6-23(14-18(25)22-21(3,4)5)20(27)17-11-19(26)24(13-17)12-16-9-7-15(2)8-10-16/h7-10,17H,6,11-14H2,1-5H3,(H,22,25). The zero-order chi connectivity index (χ0) is 20.2. The van der Waals surface area contributed by atoms with Gasteiger partial charge in [-0.1, -0.05) is 29.8 Å². The molecule has 0 spiro atoms. The molecule has 1 saturated heterocycles. The summed E-state index contributed by atoms with van der Waals surface area (Å²) in [5.74, 6) is -0.700. The molecule has 148 valence electrons. The summed E-state index contributed by atoms with van der Waals surface area (Å²) in [7, 11) is 0. The number of likely N-dealkylation sites (N-methyl/N-ethyl adjacent to an activating group) is 1. The first-order chi connectivity index (χ1) is 12.6. The molecule has 1 aromatic rings. The summed E-state index contributed by atoms with van der Waals surface area (Å²) in [5, 5.41) is 2.87. The van der Waals surface area contributed by atoms with Crippen molar-refractivity contribution in [3.8, 4) is 0 Å². The maximum absolute atomic E-state index is 12.8. The molecule has 1 unspecified atom stereocenters. The summed E-state index contributed by atoms with van der Waals surface area (Å²) < 4.78 is 0. The van der Waals surface area contributed by atoms with Crippen LogP contribution in [0.15, 0.2) is 24.3 Å². The number of benzene rings is 1. The van der Waals surface area contributed by atoms with Crippen molar-refractivity contribution in [3.63, 3.8) is 0 Å². The van der Waals surface area contributed by atoms with Gasteiger partial charge in [0.25, 0.3) is 0 Å². The molecule has 3 amide bonds. The fraction of sp³-hybridized carbons (Fsp3) is 0.571. The molecule has 1 aliphatic heterocycles. The molecular formula is C21H31N3O3. The normalized spacial score (nSPS) is 17.1. The van der Waals surface area contributed by atoms with Gasteiger partial charge in [0.2, 0.25) is 17.7 Å². The van der Waals surface area contributed by atoms with Gasteiger partial charge < -0.3 is 15.1 Å². The number of nitrogens with one attached hydrogen (secondary N) is 1. The van der Waals surface area contributed by atoms with E-state index in [0.717, 1.165) is 5.56 Å². The zero-order valence-electron chi connectivity index (χ0n) is 17.0. The maximum atomic E-state index is 12.8. The van der Waals surface area contributed by atoms with E-state index in [0.29, 0.717) is 19.6 Å². The molecule has 1 atom stereocenters. The summed E-state index contributed by atoms with van der Waals surface area (Å²) in [6.07, 6.45) is 0.210. The Labute approximate surface area is 161 Å². The van der Waals surface area contributed by atoms with Gasteiger partial charge in [-0.05, 0) is 40.2 Å². The van der Waals surface area contributed by atoms with Gasteiger partial charge in [-0.15, -0.1) is 0 Å². The van der Waals surface area contributed by atoms with Crippen LogP contribution in [0.25, 0.3) is 0 Å². The lowest BCUT2D eigenvalue weighted by molar-refractivity contribution is -0.139. The van der Waals surface area contributed by atoms with E-state index in [2.05, 4.69) is 5.32 Å². The molecule has 0 aliphatic carbocycles. The summed E-state index contributed by atoms with van der Waals surface area (Å²) in [5.41, 5.74) is 1.89. The van der Waals surface area contributed by atoms with E-state index in [-0.39, 0.29) is 42.1 Å². The van der Waals surface area contributed by atoms with Crippen LogP contribution in [0.1, 0.15) is 45.2 Å². The number of nitrogens with zero attached hydrogens (tertiary/aromatic N) is 2. The van der Waals surface area contributed by atoms with Crippen LogP contribution in [0.3, 0.4) is 0 Å². The Balaban J connectivity index is 1.96. The van der Waals surface area contributed by atoms with Crippen LogP contribution < -0.4 is 5.32 Å². The number of hydrogen-bond acceptors (Lipinski definition) is 3. The molecule has 0 saturated carbocycles. The van der Waals surface area contributed by atoms with Crippen molar-refractivity contribution in [2.45, 2.75) is 53.1 Å². The van der Waals surface area contributed by atoms with Gasteiger partial charge in [0.1, 0.15) is 0 Å². The molecule has 1 fully saturated rings. The third kappa shape index (κ3) is 6.08. The van der Waals surface area contributed by atoms with Crippen LogP contribution in [0, 0.1) is 12.8 Å². The van der Waals surface area contributed by atoms with Crippen molar-refractivity contribution >= 4 is 17.7 Å².